The fourth-order valence-electron chi connectivity index (χ4n) is 2.94. The zero-order chi connectivity index (χ0) is 14.8. The van der Waals surface area contributed by atoms with Crippen LogP contribution in [0.5, 0.6) is 5.75 Å². The summed E-state index contributed by atoms with van der Waals surface area (Å²) in [7, 11) is 0. The van der Waals surface area contributed by atoms with E-state index in [2.05, 4.69) is 6.92 Å². The van der Waals surface area contributed by atoms with Crippen molar-refractivity contribution < 1.29 is 4.74 Å². The maximum Gasteiger partial charge on any atom is 0.191 e. The highest BCUT2D eigenvalue weighted by atomic mass is 32.1. The van der Waals surface area contributed by atoms with Crippen LogP contribution in [0.4, 0.5) is 0 Å². The molecule has 1 aliphatic rings. The third-order valence-corrected chi connectivity index (χ3v) is 5.42. The lowest BCUT2D eigenvalue weighted by Gasteiger charge is -2.22. The van der Waals surface area contributed by atoms with Crippen molar-refractivity contribution >= 4 is 21.4 Å². The highest BCUT2D eigenvalue weighted by Crippen LogP contribution is 2.33. The number of fused-ring (bicyclic) bond motifs is 2. The summed E-state index contributed by atoms with van der Waals surface area (Å²) in [4.78, 5) is 13.8. The molecule has 1 aromatic heterocycles. The van der Waals surface area contributed by atoms with Crippen LogP contribution in [0.25, 0.3) is 10.1 Å². The number of ether oxygens (including phenoxy) is 1. The van der Waals surface area contributed by atoms with Gasteiger partial charge in [-0.25, -0.2) is 0 Å². The van der Waals surface area contributed by atoms with Crippen LogP contribution in [0.2, 0.25) is 0 Å². The predicted molar refractivity (Wildman–Crippen MR) is 85.0 cm³/mol. The fraction of sp³-hybridized carbons (Fsp3) is 0.412. The number of benzene rings is 1. The lowest BCUT2D eigenvalue weighted by atomic mass is 9.87. The third kappa shape index (κ3) is 2.66. The molecule has 4 heteroatoms. The first kappa shape index (κ1) is 14.1. The van der Waals surface area contributed by atoms with Crippen molar-refractivity contribution in [1.29, 1.82) is 5.26 Å². The summed E-state index contributed by atoms with van der Waals surface area (Å²) in [6.07, 6.45) is 4.22. The van der Waals surface area contributed by atoms with E-state index in [1.54, 1.807) is 17.4 Å². The highest BCUT2D eigenvalue weighted by molar-refractivity contribution is 7.18. The normalized spacial score (nSPS) is 17.2. The van der Waals surface area contributed by atoms with Crippen molar-refractivity contribution in [2.75, 3.05) is 6.61 Å². The largest absolute Gasteiger partial charge is 0.479 e. The molecule has 0 bridgehead atoms. The Morgan fingerprint density at radius 2 is 2.33 bits per heavy atom. The van der Waals surface area contributed by atoms with E-state index >= 15 is 0 Å². The molecule has 0 amide bonds. The number of hydrogen-bond acceptors (Lipinski definition) is 4. The number of rotatable bonds is 3. The Labute approximate surface area is 127 Å². The monoisotopic (exact) mass is 299 g/mol. The molecule has 0 saturated heterocycles. The minimum atomic E-state index is 0.0310. The first-order valence-corrected chi connectivity index (χ1v) is 8.13. The van der Waals surface area contributed by atoms with Crippen LogP contribution in [0.15, 0.2) is 23.0 Å². The molecule has 108 valence electrons. The molecule has 2 aromatic rings. The molecule has 0 fully saturated rings. The molecule has 3 nitrogen and oxygen atoms in total. The van der Waals surface area contributed by atoms with Gasteiger partial charge in [0.1, 0.15) is 11.8 Å². The zero-order valence-corrected chi connectivity index (χ0v) is 12.8. The molecule has 1 aromatic carbocycles. The maximum absolute atomic E-state index is 12.6. The van der Waals surface area contributed by atoms with Crippen LogP contribution in [0.1, 0.15) is 30.2 Å². The predicted octanol–water partition coefficient (Wildman–Crippen LogP) is 3.68. The summed E-state index contributed by atoms with van der Waals surface area (Å²) < 4.78 is 6.30. The van der Waals surface area contributed by atoms with Gasteiger partial charge in [0, 0.05) is 20.5 Å². The van der Waals surface area contributed by atoms with Gasteiger partial charge in [-0.1, -0.05) is 13.3 Å². The molecule has 1 unspecified atom stereocenters. The van der Waals surface area contributed by atoms with Crippen molar-refractivity contribution in [3.05, 3.63) is 38.9 Å². The van der Waals surface area contributed by atoms with Gasteiger partial charge in [-0.2, -0.15) is 5.26 Å². The van der Waals surface area contributed by atoms with Gasteiger partial charge in [-0.05, 0) is 43.4 Å². The summed E-state index contributed by atoms with van der Waals surface area (Å²) in [5, 5.41) is 9.35. The van der Waals surface area contributed by atoms with E-state index in [0.29, 0.717) is 11.7 Å². The Bertz CT molecular complexity index is 773. The van der Waals surface area contributed by atoms with Gasteiger partial charge in [0.2, 0.25) is 0 Å². The summed E-state index contributed by atoms with van der Waals surface area (Å²) in [6.45, 7) is 2.25. The van der Waals surface area contributed by atoms with Crippen molar-refractivity contribution in [2.24, 2.45) is 5.92 Å². The van der Waals surface area contributed by atoms with E-state index in [1.165, 1.54) is 11.3 Å². The van der Waals surface area contributed by atoms with Crippen molar-refractivity contribution in [3.8, 4) is 11.8 Å². The van der Waals surface area contributed by atoms with Crippen molar-refractivity contribution in [1.82, 2.24) is 0 Å². The van der Waals surface area contributed by atoms with Gasteiger partial charge in [-0.15, -0.1) is 11.3 Å². The van der Waals surface area contributed by atoms with E-state index < -0.39 is 0 Å². The quantitative estimate of drug-likeness (QED) is 0.868. The summed E-state index contributed by atoms with van der Waals surface area (Å²) in [5.41, 5.74) is 1.20. The van der Waals surface area contributed by atoms with Crippen LogP contribution < -0.4 is 10.2 Å². The maximum atomic E-state index is 12.6. The van der Waals surface area contributed by atoms with Gasteiger partial charge in [-0.3, -0.25) is 4.79 Å². The molecule has 0 N–H and O–H groups in total. The molecule has 1 heterocycles. The molecular formula is C17H17NO2S. The average Bonchev–Trinajstić information content (AvgIpc) is 2.52. The summed E-state index contributed by atoms with van der Waals surface area (Å²) in [5.74, 6) is 1.35. The molecule has 21 heavy (non-hydrogen) atoms. The standard InChI is InChI=1S/C17H17NO2S/c1-2-11-3-5-13-15(9-11)21-16-10-12(20-8-7-18)4-6-14(16)17(13)19/h4,6,10-11H,2-3,5,8-9H2,1H3. The first-order valence-electron chi connectivity index (χ1n) is 7.31. The number of hydrogen-bond donors (Lipinski definition) is 0. The molecule has 0 spiro atoms. The van der Waals surface area contributed by atoms with Gasteiger partial charge < -0.3 is 4.74 Å². The van der Waals surface area contributed by atoms with Gasteiger partial charge in [0.05, 0.1) is 0 Å². The molecule has 0 saturated carbocycles. The van der Waals surface area contributed by atoms with E-state index in [9.17, 15) is 4.79 Å². The Kier molecular flexibility index (Phi) is 3.94. The Hall–Kier alpha value is -1.86. The zero-order valence-electron chi connectivity index (χ0n) is 12.0. The van der Waals surface area contributed by atoms with Crippen LogP contribution in [0.3, 0.4) is 0 Å². The lowest BCUT2D eigenvalue weighted by Crippen LogP contribution is -2.20. The molecule has 1 aliphatic carbocycles. The third-order valence-electron chi connectivity index (χ3n) is 4.20. The fourth-order valence-corrected chi connectivity index (χ4v) is 4.29. The van der Waals surface area contributed by atoms with Crippen LogP contribution in [0, 0.1) is 17.2 Å². The van der Waals surface area contributed by atoms with Gasteiger partial charge >= 0.3 is 0 Å². The minimum absolute atomic E-state index is 0.0310. The molecule has 0 aliphatic heterocycles. The van der Waals surface area contributed by atoms with E-state index in [-0.39, 0.29) is 12.0 Å². The number of nitrogens with zero attached hydrogens (tertiary/aromatic N) is 1. The second-order valence-corrected chi connectivity index (χ2v) is 6.59. The van der Waals surface area contributed by atoms with Crippen LogP contribution >= 0.6 is 11.3 Å². The van der Waals surface area contributed by atoms with E-state index in [0.717, 1.165) is 34.9 Å². The summed E-state index contributed by atoms with van der Waals surface area (Å²) in [6, 6.07) is 7.44. The molecular weight excluding hydrogens is 282 g/mol. The number of nitriles is 1. The van der Waals surface area contributed by atoms with Crippen molar-refractivity contribution in [3.63, 3.8) is 0 Å². The molecule has 3 rings (SSSR count). The SMILES string of the molecule is CCC1CCc2c(sc3cc(OCC#N)ccc3c2=O)C1. The van der Waals surface area contributed by atoms with E-state index in [1.807, 2.05) is 18.2 Å². The summed E-state index contributed by atoms with van der Waals surface area (Å²) >= 11 is 1.71. The van der Waals surface area contributed by atoms with Gasteiger partial charge in [0.25, 0.3) is 0 Å². The van der Waals surface area contributed by atoms with Crippen LogP contribution in [-0.2, 0) is 12.8 Å². The Morgan fingerprint density at radius 3 is 3.10 bits per heavy atom. The molecule has 1 atom stereocenters. The topological polar surface area (TPSA) is 50.1 Å². The van der Waals surface area contributed by atoms with Gasteiger partial charge in [0.15, 0.2) is 12.0 Å². The van der Waals surface area contributed by atoms with E-state index in [4.69, 9.17) is 10.00 Å². The first-order chi connectivity index (χ1) is 10.2. The lowest BCUT2D eigenvalue weighted by molar-refractivity contribution is 0.369. The molecule has 0 radical (unpaired) electrons. The Balaban J connectivity index is 2.08. The second-order valence-electron chi connectivity index (χ2n) is 5.45. The smallest absolute Gasteiger partial charge is 0.191 e. The second kappa shape index (κ2) is 5.87. The Morgan fingerprint density at radius 1 is 1.48 bits per heavy atom. The minimum Gasteiger partial charge on any atom is -0.479 e. The average molecular weight is 299 g/mol. The van der Waals surface area contributed by atoms with Crippen molar-refractivity contribution in [2.45, 2.75) is 32.6 Å². The highest BCUT2D eigenvalue weighted by Gasteiger charge is 2.21. The van der Waals surface area contributed by atoms with Crippen LogP contribution in [-0.4, -0.2) is 6.61 Å².